The molecule has 0 bridgehead atoms. The number of hydrogen-bond donors (Lipinski definition) is 2. The molecule has 1 fully saturated rings. The van der Waals surface area contributed by atoms with Crippen molar-refractivity contribution in [2.24, 2.45) is 5.92 Å². The van der Waals surface area contributed by atoms with Crippen LogP contribution in [0.3, 0.4) is 0 Å². The Morgan fingerprint density at radius 2 is 2.00 bits per heavy atom. The predicted octanol–water partition coefficient (Wildman–Crippen LogP) is 2.36. The van der Waals surface area contributed by atoms with E-state index in [2.05, 4.69) is 6.58 Å². The topological polar surface area (TPSA) is 66.8 Å². The number of hydrogen-bond acceptors (Lipinski definition) is 4. The van der Waals surface area contributed by atoms with Crippen molar-refractivity contribution < 1.29 is 19.7 Å². The van der Waals surface area contributed by atoms with Gasteiger partial charge < -0.3 is 14.9 Å². The van der Waals surface area contributed by atoms with Crippen molar-refractivity contribution >= 4 is 5.78 Å². The van der Waals surface area contributed by atoms with Gasteiger partial charge in [0.05, 0.1) is 12.0 Å². The van der Waals surface area contributed by atoms with Gasteiger partial charge in [0.2, 0.25) is 0 Å². The lowest BCUT2D eigenvalue weighted by molar-refractivity contribution is -0.115. The first kappa shape index (κ1) is 13.4. The van der Waals surface area contributed by atoms with E-state index in [0.29, 0.717) is 5.75 Å². The van der Waals surface area contributed by atoms with Gasteiger partial charge in [-0.2, -0.15) is 0 Å². The Balaban J connectivity index is 2.30. The summed E-state index contributed by atoms with van der Waals surface area (Å²) in [5, 5.41) is 19.7. The molecular formula is C15H16O4. The second-order valence-electron chi connectivity index (χ2n) is 4.56. The number of allylic oxidation sites excluding steroid dienone is 1. The van der Waals surface area contributed by atoms with Crippen molar-refractivity contribution in [1.29, 1.82) is 0 Å². The SMILES string of the molecule is C=C1C(=O)C[C@@H](O)[C@@H]1/C(Oc1ccccc1)=C(/C)O. The largest absolute Gasteiger partial charge is 0.509 e. The number of Topliss-reactive ketones (excluding diaryl/α,β-unsaturated/α-hetero) is 1. The van der Waals surface area contributed by atoms with E-state index in [4.69, 9.17) is 4.74 Å². The van der Waals surface area contributed by atoms with Crippen LogP contribution in [0, 0.1) is 5.92 Å². The molecular weight excluding hydrogens is 244 g/mol. The Morgan fingerprint density at radius 1 is 1.37 bits per heavy atom. The van der Waals surface area contributed by atoms with Crippen LogP contribution >= 0.6 is 0 Å². The van der Waals surface area contributed by atoms with E-state index < -0.39 is 12.0 Å². The van der Waals surface area contributed by atoms with Crippen LogP contribution in [-0.4, -0.2) is 22.1 Å². The highest BCUT2D eigenvalue weighted by molar-refractivity contribution is 5.98. The van der Waals surface area contributed by atoms with Gasteiger partial charge in [0.15, 0.2) is 11.5 Å². The molecule has 0 amide bonds. The number of aliphatic hydroxyl groups excluding tert-OH is 2. The lowest BCUT2D eigenvalue weighted by Gasteiger charge is -2.20. The van der Waals surface area contributed by atoms with Crippen LogP contribution in [-0.2, 0) is 4.79 Å². The molecule has 1 saturated carbocycles. The summed E-state index contributed by atoms with van der Waals surface area (Å²) in [6.07, 6.45) is -0.890. The minimum Gasteiger partial charge on any atom is -0.509 e. The molecule has 19 heavy (non-hydrogen) atoms. The highest BCUT2D eigenvalue weighted by Gasteiger charge is 2.40. The summed E-state index contributed by atoms with van der Waals surface area (Å²) in [5.41, 5.74) is 0.270. The zero-order valence-corrected chi connectivity index (χ0v) is 10.7. The van der Waals surface area contributed by atoms with Crippen molar-refractivity contribution in [3.8, 4) is 5.75 Å². The molecule has 0 saturated heterocycles. The maximum absolute atomic E-state index is 11.6. The zero-order valence-electron chi connectivity index (χ0n) is 10.7. The molecule has 0 aliphatic heterocycles. The predicted molar refractivity (Wildman–Crippen MR) is 70.7 cm³/mol. The summed E-state index contributed by atoms with van der Waals surface area (Å²) in [6.45, 7) is 5.14. The smallest absolute Gasteiger partial charge is 0.161 e. The van der Waals surface area contributed by atoms with Gasteiger partial charge in [0, 0.05) is 12.0 Å². The molecule has 0 aromatic heterocycles. The third kappa shape index (κ3) is 2.69. The summed E-state index contributed by atoms with van der Waals surface area (Å²) >= 11 is 0. The Morgan fingerprint density at radius 3 is 2.47 bits per heavy atom. The van der Waals surface area contributed by atoms with E-state index in [9.17, 15) is 15.0 Å². The standard InChI is InChI=1S/C15H16O4/c1-9-12(17)8-13(18)14(9)15(10(2)16)19-11-6-4-3-5-7-11/h3-7,13-14,16,18H,1,8H2,2H3/b15-10+/t13-,14-/m1/s1. The molecule has 2 atom stereocenters. The summed E-state index contributed by atoms with van der Waals surface area (Å²) in [4.78, 5) is 11.6. The monoisotopic (exact) mass is 260 g/mol. The van der Waals surface area contributed by atoms with E-state index in [-0.39, 0.29) is 29.3 Å². The number of carbonyl (C=O) groups excluding carboxylic acids is 1. The molecule has 4 heteroatoms. The average molecular weight is 260 g/mol. The molecule has 2 N–H and O–H groups in total. The first-order valence-corrected chi connectivity index (χ1v) is 6.03. The first-order valence-electron chi connectivity index (χ1n) is 6.03. The van der Waals surface area contributed by atoms with Crippen LogP contribution in [0.15, 0.2) is 54.0 Å². The number of aliphatic hydroxyl groups is 2. The second-order valence-corrected chi connectivity index (χ2v) is 4.56. The van der Waals surface area contributed by atoms with Gasteiger partial charge in [0.1, 0.15) is 11.5 Å². The highest BCUT2D eigenvalue weighted by atomic mass is 16.5. The van der Waals surface area contributed by atoms with Gasteiger partial charge >= 0.3 is 0 Å². The fraction of sp³-hybridized carbons (Fsp3) is 0.267. The molecule has 4 nitrogen and oxygen atoms in total. The average Bonchev–Trinajstić information content (AvgIpc) is 2.62. The maximum Gasteiger partial charge on any atom is 0.161 e. The van der Waals surface area contributed by atoms with Crippen LogP contribution in [0.2, 0.25) is 0 Å². The fourth-order valence-electron chi connectivity index (χ4n) is 2.16. The summed E-state index contributed by atoms with van der Waals surface area (Å²) < 4.78 is 5.61. The van der Waals surface area contributed by atoms with Crippen LogP contribution < -0.4 is 4.74 Å². The van der Waals surface area contributed by atoms with Crippen molar-refractivity contribution in [3.05, 3.63) is 54.0 Å². The molecule has 1 aromatic carbocycles. The maximum atomic E-state index is 11.6. The lowest BCUT2D eigenvalue weighted by Crippen LogP contribution is -2.21. The van der Waals surface area contributed by atoms with Crippen molar-refractivity contribution in [3.63, 3.8) is 0 Å². The van der Waals surface area contributed by atoms with Gasteiger partial charge in [-0.15, -0.1) is 0 Å². The number of carbonyl (C=O) groups is 1. The number of ether oxygens (including phenoxy) is 1. The van der Waals surface area contributed by atoms with E-state index in [1.54, 1.807) is 24.3 Å². The van der Waals surface area contributed by atoms with Crippen LogP contribution in [0.25, 0.3) is 0 Å². The molecule has 0 unspecified atom stereocenters. The van der Waals surface area contributed by atoms with E-state index in [1.165, 1.54) is 6.92 Å². The first-order chi connectivity index (χ1) is 9.00. The van der Waals surface area contributed by atoms with Crippen molar-refractivity contribution in [2.75, 3.05) is 0 Å². The van der Waals surface area contributed by atoms with E-state index >= 15 is 0 Å². The van der Waals surface area contributed by atoms with Gasteiger partial charge in [-0.1, -0.05) is 24.8 Å². The molecule has 1 aromatic rings. The summed E-state index contributed by atoms with van der Waals surface area (Å²) in [6, 6.07) is 8.90. The normalized spacial score (nSPS) is 24.3. The number of ketones is 1. The second kappa shape index (κ2) is 5.28. The minimum absolute atomic E-state index is 0.0123. The molecule has 2 rings (SSSR count). The van der Waals surface area contributed by atoms with Gasteiger partial charge in [-0.25, -0.2) is 0 Å². The quantitative estimate of drug-likeness (QED) is 0.646. The van der Waals surface area contributed by atoms with Gasteiger partial charge in [-0.3, -0.25) is 4.79 Å². The van der Waals surface area contributed by atoms with Gasteiger partial charge in [-0.05, 0) is 19.1 Å². The Labute approximate surface area is 111 Å². The molecule has 1 aliphatic carbocycles. The lowest BCUT2D eigenvalue weighted by atomic mass is 9.98. The summed E-state index contributed by atoms with van der Waals surface area (Å²) in [7, 11) is 0. The molecule has 0 heterocycles. The summed E-state index contributed by atoms with van der Waals surface area (Å²) in [5.74, 6) is -0.242. The third-order valence-corrected chi connectivity index (χ3v) is 3.12. The molecule has 0 spiro atoms. The van der Waals surface area contributed by atoms with E-state index in [0.717, 1.165) is 0 Å². The Kier molecular flexibility index (Phi) is 3.71. The number of para-hydroxylation sites is 1. The molecule has 1 aliphatic rings. The van der Waals surface area contributed by atoms with Crippen LogP contribution in [0.5, 0.6) is 5.75 Å². The zero-order chi connectivity index (χ0) is 14.0. The fourth-order valence-corrected chi connectivity index (χ4v) is 2.16. The number of benzene rings is 1. The Bertz CT molecular complexity index is 526. The van der Waals surface area contributed by atoms with E-state index in [1.807, 2.05) is 6.07 Å². The Hall–Kier alpha value is -2.07. The number of rotatable bonds is 3. The van der Waals surface area contributed by atoms with Crippen LogP contribution in [0.4, 0.5) is 0 Å². The minimum atomic E-state index is -0.902. The van der Waals surface area contributed by atoms with Crippen LogP contribution in [0.1, 0.15) is 13.3 Å². The van der Waals surface area contributed by atoms with Gasteiger partial charge in [0.25, 0.3) is 0 Å². The molecule has 100 valence electrons. The third-order valence-electron chi connectivity index (χ3n) is 3.12. The molecule has 0 radical (unpaired) electrons. The van der Waals surface area contributed by atoms with Crippen molar-refractivity contribution in [1.82, 2.24) is 0 Å². The highest BCUT2D eigenvalue weighted by Crippen LogP contribution is 2.35. The van der Waals surface area contributed by atoms with Crippen molar-refractivity contribution in [2.45, 2.75) is 19.4 Å².